The zero-order valence-corrected chi connectivity index (χ0v) is 15.8. The molecule has 0 radical (unpaired) electrons. The molecule has 0 aliphatic carbocycles. The maximum Gasteiger partial charge on any atom is 0.416 e. The highest BCUT2D eigenvalue weighted by atomic mass is 19.4. The van der Waals surface area contributed by atoms with Gasteiger partial charge in [-0.05, 0) is 48.4 Å². The lowest BCUT2D eigenvalue weighted by Crippen LogP contribution is -2.33. The molecule has 1 atom stereocenters. The number of hydrogen-bond donors (Lipinski definition) is 1. The molecule has 152 valence electrons. The van der Waals surface area contributed by atoms with Crippen LogP contribution in [-0.2, 0) is 6.18 Å². The number of rotatable bonds is 5. The van der Waals surface area contributed by atoms with Crippen molar-refractivity contribution in [3.8, 4) is 5.75 Å². The first kappa shape index (κ1) is 20.5. The predicted molar refractivity (Wildman–Crippen MR) is 103 cm³/mol. The van der Waals surface area contributed by atoms with Crippen LogP contribution < -0.4 is 9.64 Å². The molecule has 1 N–H and O–H groups in total. The fourth-order valence-electron chi connectivity index (χ4n) is 3.48. The fourth-order valence-corrected chi connectivity index (χ4v) is 3.48. The molecule has 1 fully saturated rings. The van der Waals surface area contributed by atoms with Gasteiger partial charge in [0.25, 0.3) is 0 Å². The van der Waals surface area contributed by atoms with E-state index in [1.165, 1.54) is 6.07 Å². The highest BCUT2D eigenvalue weighted by molar-refractivity contribution is 5.49. The Labute approximate surface area is 163 Å². The molecule has 1 saturated heterocycles. The summed E-state index contributed by atoms with van der Waals surface area (Å²) in [5, 5.41) is 10.5. The Kier molecular flexibility index (Phi) is 6.46. The number of aliphatic hydroxyl groups is 1. The second-order valence-electron chi connectivity index (χ2n) is 6.98. The van der Waals surface area contributed by atoms with Crippen molar-refractivity contribution in [1.82, 2.24) is 4.90 Å². The summed E-state index contributed by atoms with van der Waals surface area (Å²) in [6, 6.07) is 12.8. The van der Waals surface area contributed by atoms with E-state index in [0.29, 0.717) is 12.1 Å². The van der Waals surface area contributed by atoms with Crippen molar-refractivity contribution >= 4 is 5.69 Å². The number of methoxy groups -OCH3 is 1. The Morgan fingerprint density at radius 3 is 2.46 bits per heavy atom. The molecule has 28 heavy (non-hydrogen) atoms. The van der Waals surface area contributed by atoms with Crippen LogP contribution in [-0.4, -0.2) is 49.8 Å². The molecule has 1 heterocycles. The number of hydrogen-bond acceptors (Lipinski definition) is 4. The van der Waals surface area contributed by atoms with E-state index in [1.807, 2.05) is 24.3 Å². The summed E-state index contributed by atoms with van der Waals surface area (Å²) >= 11 is 0. The number of aliphatic hydroxyl groups excluding tert-OH is 1. The van der Waals surface area contributed by atoms with Crippen LogP contribution in [0, 0.1) is 0 Å². The zero-order chi connectivity index (χ0) is 20.1. The first-order chi connectivity index (χ1) is 13.4. The van der Waals surface area contributed by atoms with E-state index in [1.54, 1.807) is 13.2 Å². The summed E-state index contributed by atoms with van der Waals surface area (Å²) in [7, 11) is 1.63. The third kappa shape index (κ3) is 5.17. The van der Waals surface area contributed by atoms with Crippen LogP contribution in [0.3, 0.4) is 0 Å². The topological polar surface area (TPSA) is 35.9 Å². The van der Waals surface area contributed by atoms with Crippen LogP contribution in [0.15, 0.2) is 48.5 Å². The second-order valence-corrected chi connectivity index (χ2v) is 6.98. The van der Waals surface area contributed by atoms with Crippen LogP contribution in [0.2, 0.25) is 0 Å². The number of ether oxygens (including phenoxy) is 1. The predicted octanol–water partition coefficient (Wildman–Crippen LogP) is 3.96. The van der Waals surface area contributed by atoms with E-state index in [9.17, 15) is 18.3 Å². The highest BCUT2D eigenvalue weighted by Crippen LogP contribution is 2.31. The van der Waals surface area contributed by atoms with Crippen LogP contribution >= 0.6 is 0 Å². The van der Waals surface area contributed by atoms with Crippen molar-refractivity contribution in [3.63, 3.8) is 0 Å². The molecule has 2 aromatic carbocycles. The third-order valence-corrected chi connectivity index (χ3v) is 5.06. The van der Waals surface area contributed by atoms with Gasteiger partial charge in [-0.25, -0.2) is 0 Å². The molecule has 0 unspecified atom stereocenters. The van der Waals surface area contributed by atoms with Crippen molar-refractivity contribution < 1.29 is 23.0 Å². The quantitative estimate of drug-likeness (QED) is 0.833. The highest BCUT2D eigenvalue weighted by Gasteiger charge is 2.31. The lowest BCUT2D eigenvalue weighted by atomic mass is 10.1. The monoisotopic (exact) mass is 394 g/mol. The molecule has 1 aliphatic heterocycles. The van der Waals surface area contributed by atoms with Crippen molar-refractivity contribution in [2.45, 2.75) is 18.7 Å². The van der Waals surface area contributed by atoms with Gasteiger partial charge >= 0.3 is 6.18 Å². The van der Waals surface area contributed by atoms with Crippen LogP contribution in [0.1, 0.15) is 23.7 Å². The van der Waals surface area contributed by atoms with Crippen LogP contribution in [0.4, 0.5) is 18.9 Å². The molecule has 1 aliphatic rings. The van der Waals surface area contributed by atoms with Crippen molar-refractivity contribution in [2.75, 3.05) is 44.7 Å². The SMILES string of the molecule is COc1ccc(N2CCCN(C[C@@H](O)c3cccc(C(F)(F)F)c3)CC2)cc1. The maximum absolute atomic E-state index is 12.9. The minimum Gasteiger partial charge on any atom is -0.497 e. The maximum atomic E-state index is 12.9. The molecule has 2 aromatic rings. The minimum atomic E-state index is -4.41. The first-order valence-electron chi connectivity index (χ1n) is 9.33. The van der Waals surface area contributed by atoms with Gasteiger partial charge in [-0.2, -0.15) is 13.2 Å². The largest absolute Gasteiger partial charge is 0.497 e. The van der Waals surface area contributed by atoms with E-state index in [4.69, 9.17) is 4.74 Å². The van der Waals surface area contributed by atoms with Gasteiger partial charge in [0.2, 0.25) is 0 Å². The molecular formula is C21H25F3N2O2. The molecule has 4 nitrogen and oxygen atoms in total. The average molecular weight is 394 g/mol. The zero-order valence-electron chi connectivity index (χ0n) is 15.8. The van der Waals surface area contributed by atoms with E-state index in [2.05, 4.69) is 9.80 Å². The number of benzene rings is 2. The van der Waals surface area contributed by atoms with Gasteiger partial charge < -0.3 is 14.7 Å². The summed E-state index contributed by atoms with van der Waals surface area (Å²) in [6.45, 7) is 3.53. The Morgan fingerprint density at radius 1 is 1.04 bits per heavy atom. The Bertz CT molecular complexity index is 765. The van der Waals surface area contributed by atoms with E-state index < -0.39 is 17.8 Å². The summed E-state index contributed by atoms with van der Waals surface area (Å²) in [5.41, 5.74) is 0.678. The third-order valence-electron chi connectivity index (χ3n) is 5.06. The summed E-state index contributed by atoms with van der Waals surface area (Å²) < 4.78 is 43.9. The van der Waals surface area contributed by atoms with Crippen molar-refractivity contribution in [1.29, 1.82) is 0 Å². The number of β-amino-alcohol motifs (C(OH)–C–C–N with tert-alkyl or cyclic N) is 1. The Hall–Kier alpha value is -2.25. The molecule has 0 bridgehead atoms. The lowest BCUT2D eigenvalue weighted by Gasteiger charge is -2.25. The molecule has 0 aromatic heterocycles. The molecule has 0 spiro atoms. The van der Waals surface area contributed by atoms with E-state index in [-0.39, 0.29) is 0 Å². The van der Waals surface area contributed by atoms with Gasteiger partial charge in [0, 0.05) is 38.4 Å². The Morgan fingerprint density at radius 2 is 1.79 bits per heavy atom. The van der Waals surface area contributed by atoms with Crippen LogP contribution in [0.25, 0.3) is 0 Å². The first-order valence-corrected chi connectivity index (χ1v) is 9.33. The standard InChI is InChI=1S/C21H25F3N2O2/c1-28-19-8-6-18(7-9-19)26-11-3-10-25(12-13-26)15-20(27)16-4-2-5-17(14-16)21(22,23)24/h2,4-9,14,20,27H,3,10-13,15H2,1H3/t20-/m1/s1. The average Bonchev–Trinajstić information content (AvgIpc) is 2.93. The summed E-state index contributed by atoms with van der Waals surface area (Å²) in [6.07, 6.45) is -4.44. The molecule has 3 rings (SSSR count). The molecule has 7 heteroatoms. The van der Waals surface area contributed by atoms with Gasteiger partial charge in [-0.15, -0.1) is 0 Å². The van der Waals surface area contributed by atoms with Gasteiger partial charge in [0.15, 0.2) is 0 Å². The fraction of sp³-hybridized carbons (Fsp3) is 0.429. The number of halogens is 3. The Balaban J connectivity index is 1.59. The van der Waals surface area contributed by atoms with E-state index in [0.717, 1.165) is 56.2 Å². The number of nitrogens with zero attached hydrogens (tertiary/aromatic N) is 2. The smallest absolute Gasteiger partial charge is 0.416 e. The van der Waals surface area contributed by atoms with Crippen molar-refractivity contribution in [3.05, 3.63) is 59.7 Å². The normalized spacial score (nSPS) is 17.2. The van der Waals surface area contributed by atoms with Crippen LogP contribution in [0.5, 0.6) is 5.75 Å². The molecule has 0 saturated carbocycles. The van der Waals surface area contributed by atoms with Crippen molar-refractivity contribution in [2.24, 2.45) is 0 Å². The molecular weight excluding hydrogens is 369 g/mol. The van der Waals surface area contributed by atoms with E-state index >= 15 is 0 Å². The number of alkyl halides is 3. The van der Waals surface area contributed by atoms with Gasteiger partial charge in [-0.3, -0.25) is 4.90 Å². The van der Waals surface area contributed by atoms with Gasteiger partial charge in [-0.1, -0.05) is 12.1 Å². The number of anilines is 1. The second kappa shape index (κ2) is 8.84. The summed E-state index contributed by atoms with van der Waals surface area (Å²) in [5.74, 6) is 0.810. The minimum absolute atomic E-state index is 0.297. The van der Waals surface area contributed by atoms with Gasteiger partial charge in [0.1, 0.15) is 5.75 Å². The molecule has 0 amide bonds. The summed E-state index contributed by atoms with van der Waals surface area (Å²) in [4.78, 5) is 4.38. The lowest BCUT2D eigenvalue weighted by molar-refractivity contribution is -0.137. The van der Waals surface area contributed by atoms with Gasteiger partial charge in [0.05, 0.1) is 18.8 Å².